The Balaban J connectivity index is 1.68. The Hall–Kier alpha value is -2.57. The summed E-state index contributed by atoms with van der Waals surface area (Å²) < 4.78 is 21.8. The van der Waals surface area contributed by atoms with Gasteiger partial charge in [0.2, 0.25) is 0 Å². The Bertz CT molecular complexity index is 887. The Labute approximate surface area is 132 Å². The summed E-state index contributed by atoms with van der Waals surface area (Å²) in [5.74, 6) is 0.324. The molecule has 0 aliphatic heterocycles. The third kappa shape index (κ3) is 2.42. The molecule has 3 heterocycles. The van der Waals surface area contributed by atoms with Crippen molar-refractivity contribution in [1.29, 1.82) is 0 Å². The fourth-order valence-electron chi connectivity index (χ4n) is 2.72. The van der Waals surface area contributed by atoms with Crippen molar-refractivity contribution in [1.82, 2.24) is 24.6 Å². The molecule has 1 saturated carbocycles. The van der Waals surface area contributed by atoms with Gasteiger partial charge in [-0.05, 0) is 39.2 Å². The van der Waals surface area contributed by atoms with Crippen LogP contribution in [0.3, 0.4) is 0 Å². The predicted octanol–water partition coefficient (Wildman–Crippen LogP) is 2.96. The Kier molecular flexibility index (Phi) is 3.04. The summed E-state index contributed by atoms with van der Waals surface area (Å²) in [5.41, 5.74) is 1.56. The molecule has 6 nitrogen and oxygen atoms in total. The third-order valence-corrected chi connectivity index (χ3v) is 4.32. The largest absolute Gasteiger partial charge is 0.469 e. The molecule has 3 aromatic heterocycles. The molecule has 0 radical (unpaired) electrons. The molecule has 4 rings (SSSR count). The van der Waals surface area contributed by atoms with E-state index in [1.54, 1.807) is 23.0 Å². The van der Waals surface area contributed by atoms with Crippen molar-refractivity contribution < 1.29 is 9.13 Å². The first-order valence-corrected chi connectivity index (χ1v) is 7.56. The normalized spacial score (nSPS) is 16.3. The molecule has 0 aromatic carbocycles. The van der Waals surface area contributed by atoms with Gasteiger partial charge in [0.25, 0.3) is 5.88 Å². The fraction of sp³-hybridized carbons (Fsp3) is 0.375. The topological polar surface area (TPSA) is 65.2 Å². The molecular formula is C16H16FN5O. The van der Waals surface area contributed by atoms with Gasteiger partial charge < -0.3 is 4.74 Å². The first-order valence-electron chi connectivity index (χ1n) is 7.56. The summed E-state index contributed by atoms with van der Waals surface area (Å²) >= 11 is 0. The van der Waals surface area contributed by atoms with Crippen LogP contribution in [0, 0.1) is 12.7 Å². The van der Waals surface area contributed by atoms with E-state index in [9.17, 15) is 4.39 Å². The van der Waals surface area contributed by atoms with Gasteiger partial charge in [-0.25, -0.2) is 9.37 Å². The molecule has 0 bridgehead atoms. The number of fused-ring (bicyclic) bond motifs is 1. The van der Waals surface area contributed by atoms with E-state index in [0.717, 1.165) is 25.1 Å². The zero-order valence-corrected chi connectivity index (χ0v) is 13.0. The second-order valence-electron chi connectivity index (χ2n) is 6.16. The van der Waals surface area contributed by atoms with Crippen LogP contribution in [0.15, 0.2) is 24.7 Å². The van der Waals surface area contributed by atoms with Crippen LogP contribution in [0.25, 0.3) is 16.9 Å². The lowest BCUT2D eigenvalue weighted by atomic mass is 9.82. The molecule has 1 fully saturated rings. The summed E-state index contributed by atoms with van der Waals surface area (Å²) in [6, 6.07) is 1.40. The highest BCUT2D eigenvalue weighted by Crippen LogP contribution is 2.36. The van der Waals surface area contributed by atoms with Gasteiger partial charge in [0.15, 0.2) is 11.5 Å². The van der Waals surface area contributed by atoms with Crippen molar-refractivity contribution in [3.8, 4) is 17.1 Å². The number of rotatable bonds is 3. The molecule has 0 amide bonds. The smallest absolute Gasteiger partial charge is 0.250 e. The quantitative estimate of drug-likeness (QED) is 0.744. The first kappa shape index (κ1) is 14.0. The Morgan fingerprint density at radius 2 is 2.04 bits per heavy atom. The molecule has 1 aliphatic carbocycles. The van der Waals surface area contributed by atoms with E-state index in [1.165, 1.54) is 6.07 Å². The number of halogens is 1. The average molecular weight is 313 g/mol. The molecular weight excluding hydrogens is 297 g/mol. The number of ether oxygens (including phenoxy) is 1. The molecule has 0 N–H and O–H groups in total. The van der Waals surface area contributed by atoms with Crippen molar-refractivity contribution in [3.63, 3.8) is 0 Å². The molecule has 23 heavy (non-hydrogen) atoms. The van der Waals surface area contributed by atoms with Crippen LogP contribution in [-0.2, 0) is 0 Å². The zero-order valence-electron chi connectivity index (χ0n) is 13.0. The minimum absolute atomic E-state index is 0.0532. The second kappa shape index (κ2) is 4.97. The molecule has 0 atom stereocenters. The van der Waals surface area contributed by atoms with E-state index in [1.807, 2.05) is 13.8 Å². The number of hydrogen-bond acceptors (Lipinski definition) is 5. The van der Waals surface area contributed by atoms with Crippen LogP contribution in [0.2, 0.25) is 0 Å². The third-order valence-electron chi connectivity index (χ3n) is 4.32. The second-order valence-corrected chi connectivity index (χ2v) is 6.16. The van der Waals surface area contributed by atoms with Gasteiger partial charge in [0, 0.05) is 18.0 Å². The van der Waals surface area contributed by atoms with Gasteiger partial charge in [-0.2, -0.15) is 0 Å². The monoisotopic (exact) mass is 313 g/mol. The van der Waals surface area contributed by atoms with Gasteiger partial charge in [0.1, 0.15) is 11.4 Å². The van der Waals surface area contributed by atoms with E-state index in [2.05, 4.69) is 20.2 Å². The summed E-state index contributed by atoms with van der Waals surface area (Å²) in [6.45, 7) is 3.83. The molecule has 0 spiro atoms. The van der Waals surface area contributed by atoms with Crippen LogP contribution in [-0.4, -0.2) is 30.2 Å². The first-order chi connectivity index (χ1) is 11.0. The van der Waals surface area contributed by atoms with E-state index in [4.69, 9.17) is 4.74 Å². The van der Waals surface area contributed by atoms with E-state index in [-0.39, 0.29) is 11.5 Å². The van der Waals surface area contributed by atoms with E-state index in [0.29, 0.717) is 16.9 Å². The highest BCUT2D eigenvalue weighted by Gasteiger charge is 2.35. The molecule has 118 valence electrons. The fourth-order valence-corrected chi connectivity index (χ4v) is 2.72. The number of aromatic nitrogens is 5. The van der Waals surface area contributed by atoms with Crippen LogP contribution in [0.5, 0.6) is 5.88 Å². The van der Waals surface area contributed by atoms with Crippen molar-refractivity contribution in [2.75, 3.05) is 0 Å². The zero-order chi connectivity index (χ0) is 16.0. The van der Waals surface area contributed by atoms with Crippen LogP contribution < -0.4 is 4.74 Å². The molecule has 1 aliphatic rings. The van der Waals surface area contributed by atoms with Gasteiger partial charge >= 0.3 is 0 Å². The van der Waals surface area contributed by atoms with Crippen LogP contribution in [0.4, 0.5) is 4.39 Å². The van der Waals surface area contributed by atoms with Crippen molar-refractivity contribution in [3.05, 3.63) is 36.3 Å². The lowest BCUT2D eigenvalue weighted by Gasteiger charge is -2.38. The number of hydrogen-bond donors (Lipinski definition) is 0. The Morgan fingerprint density at radius 3 is 2.74 bits per heavy atom. The lowest BCUT2D eigenvalue weighted by molar-refractivity contribution is 0.00366. The van der Waals surface area contributed by atoms with Gasteiger partial charge in [-0.1, -0.05) is 0 Å². The number of nitrogens with zero attached hydrogens (tertiary/aromatic N) is 5. The predicted molar refractivity (Wildman–Crippen MR) is 81.6 cm³/mol. The molecule has 3 aromatic rings. The summed E-state index contributed by atoms with van der Waals surface area (Å²) in [7, 11) is 0. The summed E-state index contributed by atoms with van der Waals surface area (Å²) in [5, 5.41) is 7.96. The molecule has 7 heteroatoms. The highest BCUT2D eigenvalue weighted by atomic mass is 19.1. The summed E-state index contributed by atoms with van der Waals surface area (Å²) in [6.07, 6.45) is 7.93. The van der Waals surface area contributed by atoms with Crippen LogP contribution in [0.1, 0.15) is 32.0 Å². The van der Waals surface area contributed by atoms with Crippen molar-refractivity contribution >= 4 is 5.65 Å². The highest BCUT2D eigenvalue weighted by molar-refractivity contribution is 5.59. The number of aryl methyl sites for hydroxylation is 1. The van der Waals surface area contributed by atoms with E-state index >= 15 is 0 Å². The van der Waals surface area contributed by atoms with Crippen molar-refractivity contribution in [2.45, 2.75) is 38.7 Å². The number of pyridine rings is 1. The lowest BCUT2D eigenvalue weighted by Crippen LogP contribution is -2.40. The molecule has 0 unspecified atom stereocenters. The van der Waals surface area contributed by atoms with Gasteiger partial charge in [-0.3, -0.25) is 9.38 Å². The average Bonchev–Trinajstić information content (AvgIpc) is 2.88. The van der Waals surface area contributed by atoms with E-state index < -0.39 is 5.82 Å². The molecule has 0 saturated heterocycles. The Morgan fingerprint density at radius 1 is 1.22 bits per heavy atom. The SMILES string of the molecule is Cc1nnc2cnc(-c3cnc(OC4(C)CCC4)c(F)c3)cn12. The van der Waals surface area contributed by atoms with Gasteiger partial charge in [-0.15, -0.1) is 10.2 Å². The van der Waals surface area contributed by atoms with Crippen molar-refractivity contribution in [2.24, 2.45) is 0 Å². The van der Waals surface area contributed by atoms with Gasteiger partial charge in [0.05, 0.1) is 11.9 Å². The van der Waals surface area contributed by atoms with Crippen LogP contribution >= 0.6 is 0 Å². The minimum Gasteiger partial charge on any atom is -0.469 e. The summed E-state index contributed by atoms with van der Waals surface area (Å²) in [4.78, 5) is 8.43. The minimum atomic E-state index is -0.474. The standard InChI is InChI=1S/C16H16FN5O/c1-10-20-21-14-8-18-13(9-22(10)14)11-6-12(17)15(19-7-11)23-16(2)4-3-5-16/h6-9H,3-5H2,1-2H3. The maximum atomic E-state index is 14.3. The maximum Gasteiger partial charge on any atom is 0.250 e. The maximum absolute atomic E-state index is 14.3.